The second kappa shape index (κ2) is 3.95. The molecule has 2 fully saturated rings. The average Bonchev–Trinajstić information content (AvgIpc) is 2.02. The third kappa shape index (κ3) is 2.42. The van der Waals surface area contributed by atoms with E-state index in [1.807, 2.05) is 0 Å². The third-order valence-electron chi connectivity index (χ3n) is 3.28. The lowest BCUT2D eigenvalue weighted by Crippen LogP contribution is -2.54. The van der Waals surface area contributed by atoms with Crippen LogP contribution in [0.4, 0.5) is 0 Å². The molecule has 0 spiro atoms. The van der Waals surface area contributed by atoms with Crippen molar-refractivity contribution in [3.63, 3.8) is 0 Å². The summed E-state index contributed by atoms with van der Waals surface area (Å²) in [6.07, 6.45) is 2.32. The van der Waals surface area contributed by atoms with Crippen molar-refractivity contribution in [3.8, 4) is 0 Å². The van der Waals surface area contributed by atoms with Crippen molar-refractivity contribution in [3.05, 3.63) is 0 Å². The minimum atomic E-state index is 0.341. The quantitative estimate of drug-likeness (QED) is 0.664. The molecule has 76 valence electrons. The summed E-state index contributed by atoms with van der Waals surface area (Å²) < 4.78 is 5.36. The summed E-state index contributed by atoms with van der Waals surface area (Å²) in [5.41, 5.74) is 0.341. The van der Waals surface area contributed by atoms with Gasteiger partial charge >= 0.3 is 0 Å². The highest BCUT2D eigenvalue weighted by molar-refractivity contribution is 4.88. The van der Waals surface area contributed by atoms with Gasteiger partial charge in [0, 0.05) is 38.4 Å². The lowest BCUT2D eigenvalue weighted by molar-refractivity contribution is 0.0427. The zero-order valence-corrected chi connectivity index (χ0v) is 8.44. The van der Waals surface area contributed by atoms with E-state index in [9.17, 15) is 0 Å². The van der Waals surface area contributed by atoms with Gasteiger partial charge in [0.2, 0.25) is 0 Å². The average molecular weight is 184 g/mol. The Morgan fingerprint density at radius 2 is 2.08 bits per heavy atom. The maximum atomic E-state index is 5.36. The van der Waals surface area contributed by atoms with Crippen molar-refractivity contribution >= 4 is 0 Å². The van der Waals surface area contributed by atoms with Gasteiger partial charge in [0.25, 0.3) is 0 Å². The number of rotatable bonds is 3. The van der Waals surface area contributed by atoms with Crippen molar-refractivity contribution in [2.75, 3.05) is 32.8 Å². The number of ether oxygens (including phenoxy) is 1. The molecule has 0 aliphatic carbocycles. The summed E-state index contributed by atoms with van der Waals surface area (Å²) in [5, 5.41) is 6.98. The van der Waals surface area contributed by atoms with E-state index in [1.54, 1.807) is 0 Å². The van der Waals surface area contributed by atoms with Crippen LogP contribution in [0.5, 0.6) is 0 Å². The highest BCUT2D eigenvalue weighted by Gasteiger charge is 2.28. The van der Waals surface area contributed by atoms with Gasteiger partial charge in [0.05, 0.1) is 0 Å². The molecular weight excluding hydrogens is 164 g/mol. The van der Waals surface area contributed by atoms with E-state index in [0.717, 1.165) is 32.0 Å². The SMILES string of the molecule is CC1(NCC2CNC2)CCOCC1. The first-order chi connectivity index (χ1) is 6.29. The standard InChI is InChI=1S/C10H20N2O/c1-10(2-4-13-5-3-10)12-8-9-6-11-7-9/h9,11-12H,2-8H2,1H3. The van der Waals surface area contributed by atoms with Crippen LogP contribution in [0.2, 0.25) is 0 Å². The van der Waals surface area contributed by atoms with Gasteiger partial charge in [-0.15, -0.1) is 0 Å². The van der Waals surface area contributed by atoms with Crippen molar-refractivity contribution < 1.29 is 4.74 Å². The molecule has 0 saturated carbocycles. The molecular formula is C10H20N2O. The largest absolute Gasteiger partial charge is 0.381 e. The van der Waals surface area contributed by atoms with Gasteiger partial charge in [-0.05, 0) is 25.7 Å². The monoisotopic (exact) mass is 184 g/mol. The summed E-state index contributed by atoms with van der Waals surface area (Å²) in [6, 6.07) is 0. The number of hydrogen-bond acceptors (Lipinski definition) is 3. The summed E-state index contributed by atoms with van der Waals surface area (Å²) in [4.78, 5) is 0. The molecule has 2 saturated heterocycles. The molecule has 13 heavy (non-hydrogen) atoms. The first-order valence-corrected chi connectivity index (χ1v) is 5.32. The van der Waals surface area contributed by atoms with Gasteiger partial charge in [-0.2, -0.15) is 0 Å². The highest BCUT2D eigenvalue weighted by Crippen LogP contribution is 2.20. The third-order valence-corrected chi connectivity index (χ3v) is 3.28. The normalized spacial score (nSPS) is 28.4. The van der Waals surface area contributed by atoms with Gasteiger partial charge < -0.3 is 15.4 Å². The predicted octanol–water partition coefficient (Wildman–Crippen LogP) is 0.364. The van der Waals surface area contributed by atoms with Gasteiger partial charge in [0.1, 0.15) is 0 Å². The fraction of sp³-hybridized carbons (Fsp3) is 1.00. The van der Waals surface area contributed by atoms with Crippen LogP contribution in [0.3, 0.4) is 0 Å². The number of hydrogen-bond donors (Lipinski definition) is 2. The van der Waals surface area contributed by atoms with E-state index < -0.39 is 0 Å². The predicted molar refractivity (Wildman–Crippen MR) is 52.8 cm³/mol. The fourth-order valence-electron chi connectivity index (χ4n) is 1.88. The Kier molecular flexibility index (Phi) is 2.86. The van der Waals surface area contributed by atoms with Crippen LogP contribution in [-0.2, 0) is 4.74 Å². The van der Waals surface area contributed by atoms with E-state index in [-0.39, 0.29) is 0 Å². The molecule has 2 rings (SSSR count). The molecule has 2 heterocycles. The smallest absolute Gasteiger partial charge is 0.0483 e. The second-order valence-electron chi connectivity index (χ2n) is 4.58. The molecule has 0 unspecified atom stereocenters. The van der Waals surface area contributed by atoms with Gasteiger partial charge in [-0.1, -0.05) is 0 Å². The van der Waals surface area contributed by atoms with Crippen LogP contribution in [0.25, 0.3) is 0 Å². The number of nitrogens with one attached hydrogen (secondary N) is 2. The van der Waals surface area contributed by atoms with E-state index in [2.05, 4.69) is 17.6 Å². The highest BCUT2D eigenvalue weighted by atomic mass is 16.5. The van der Waals surface area contributed by atoms with Crippen molar-refractivity contribution in [1.82, 2.24) is 10.6 Å². The molecule has 0 atom stereocenters. The molecule has 0 aromatic rings. The zero-order chi connectivity index (χ0) is 9.15. The molecule has 0 aromatic carbocycles. The molecule has 2 N–H and O–H groups in total. The van der Waals surface area contributed by atoms with Crippen LogP contribution in [0, 0.1) is 5.92 Å². The van der Waals surface area contributed by atoms with Crippen LogP contribution in [0.1, 0.15) is 19.8 Å². The molecule has 0 bridgehead atoms. The molecule has 3 heteroatoms. The Morgan fingerprint density at radius 1 is 1.38 bits per heavy atom. The van der Waals surface area contributed by atoms with Crippen molar-refractivity contribution in [2.45, 2.75) is 25.3 Å². The molecule has 2 aliphatic heterocycles. The van der Waals surface area contributed by atoms with E-state index in [4.69, 9.17) is 4.74 Å². The molecule has 0 amide bonds. The van der Waals surface area contributed by atoms with Crippen LogP contribution >= 0.6 is 0 Å². The summed E-state index contributed by atoms with van der Waals surface area (Å²) in [5.74, 6) is 0.861. The summed E-state index contributed by atoms with van der Waals surface area (Å²) in [6.45, 7) is 7.73. The Morgan fingerprint density at radius 3 is 2.62 bits per heavy atom. The minimum Gasteiger partial charge on any atom is -0.381 e. The van der Waals surface area contributed by atoms with E-state index in [0.29, 0.717) is 5.54 Å². The van der Waals surface area contributed by atoms with Crippen LogP contribution in [0.15, 0.2) is 0 Å². The Labute approximate surface area is 80.2 Å². The van der Waals surface area contributed by atoms with Crippen LogP contribution in [-0.4, -0.2) is 38.4 Å². The molecule has 2 aliphatic rings. The molecule has 3 nitrogen and oxygen atoms in total. The Hall–Kier alpha value is -0.120. The first-order valence-electron chi connectivity index (χ1n) is 5.32. The summed E-state index contributed by atoms with van der Waals surface area (Å²) >= 11 is 0. The van der Waals surface area contributed by atoms with E-state index in [1.165, 1.54) is 19.6 Å². The lowest BCUT2D eigenvalue weighted by Gasteiger charge is -2.37. The zero-order valence-electron chi connectivity index (χ0n) is 8.44. The van der Waals surface area contributed by atoms with Gasteiger partial charge in [-0.3, -0.25) is 0 Å². The fourth-order valence-corrected chi connectivity index (χ4v) is 1.88. The Bertz CT molecular complexity index is 162. The lowest BCUT2D eigenvalue weighted by atomic mass is 9.91. The maximum absolute atomic E-state index is 5.36. The van der Waals surface area contributed by atoms with Crippen molar-refractivity contribution in [1.29, 1.82) is 0 Å². The van der Waals surface area contributed by atoms with E-state index >= 15 is 0 Å². The van der Waals surface area contributed by atoms with Crippen molar-refractivity contribution in [2.24, 2.45) is 5.92 Å². The second-order valence-corrected chi connectivity index (χ2v) is 4.58. The van der Waals surface area contributed by atoms with Crippen LogP contribution < -0.4 is 10.6 Å². The topological polar surface area (TPSA) is 33.3 Å². The first kappa shape index (κ1) is 9.44. The summed E-state index contributed by atoms with van der Waals surface area (Å²) in [7, 11) is 0. The minimum absolute atomic E-state index is 0.341. The maximum Gasteiger partial charge on any atom is 0.0483 e. The molecule has 0 radical (unpaired) electrons. The van der Waals surface area contributed by atoms with Gasteiger partial charge in [0.15, 0.2) is 0 Å². The molecule has 0 aromatic heterocycles. The Balaban J connectivity index is 1.71. The van der Waals surface area contributed by atoms with Gasteiger partial charge in [-0.25, -0.2) is 0 Å².